The van der Waals surface area contributed by atoms with Gasteiger partial charge in [0, 0.05) is 36.8 Å². The van der Waals surface area contributed by atoms with Crippen LogP contribution < -0.4 is 10.5 Å². The van der Waals surface area contributed by atoms with Gasteiger partial charge < -0.3 is 14.9 Å². The Balaban J connectivity index is 1.32. The molecule has 0 spiro atoms. The van der Waals surface area contributed by atoms with E-state index in [4.69, 9.17) is 11.6 Å². The molecule has 4 aromatic rings. The highest BCUT2D eigenvalue weighted by Crippen LogP contribution is 2.26. The van der Waals surface area contributed by atoms with Crippen LogP contribution in [0.4, 0.5) is 5.95 Å². The number of carbonyl (C=O) groups is 1. The van der Waals surface area contributed by atoms with Crippen LogP contribution >= 0.6 is 11.6 Å². The van der Waals surface area contributed by atoms with Crippen molar-refractivity contribution in [2.75, 3.05) is 31.1 Å². The molecule has 0 saturated carbocycles. The highest BCUT2D eigenvalue weighted by atomic mass is 35.5. The number of para-hydroxylation sites is 1. The Morgan fingerprint density at radius 3 is 2.44 bits per heavy atom. The van der Waals surface area contributed by atoms with Gasteiger partial charge in [-0.2, -0.15) is 0 Å². The lowest BCUT2D eigenvalue weighted by molar-refractivity contribution is 0.0746. The van der Waals surface area contributed by atoms with Crippen LogP contribution in [0.2, 0.25) is 5.02 Å². The number of hydrogen-bond acceptors (Lipinski definition) is 5. The average molecular weight is 475 g/mol. The van der Waals surface area contributed by atoms with Crippen molar-refractivity contribution in [3.05, 3.63) is 93.2 Å². The molecule has 1 fully saturated rings. The number of H-pyrrole nitrogens is 1. The molecular weight excluding hydrogens is 452 g/mol. The van der Waals surface area contributed by atoms with Crippen molar-refractivity contribution in [2.24, 2.45) is 0 Å². The number of carbonyl (C=O) groups excluding carboxylic acids is 1. The van der Waals surface area contributed by atoms with Crippen molar-refractivity contribution < 1.29 is 9.90 Å². The zero-order chi connectivity index (χ0) is 23.7. The van der Waals surface area contributed by atoms with Crippen molar-refractivity contribution in [1.29, 1.82) is 0 Å². The van der Waals surface area contributed by atoms with Crippen LogP contribution in [0.15, 0.2) is 71.5 Å². The fraction of sp³-hybridized carbons (Fsp3) is 0.192. The Morgan fingerprint density at radius 1 is 0.971 bits per heavy atom. The van der Waals surface area contributed by atoms with Gasteiger partial charge in [-0.3, -0.25) is 14.6 Å². The first-order valence-electron chi connectivity index (χ1n) is 11.1. The maximum Gasteiger partial charge on any atom is 0.260 e. The van der Waals surface area contributed by atoms with E-state index in [0.29, 0.717) is 53.6 Å². The highest BCUT2D eigenvalue weighted by molar-refractivity contribution is 6.31. The summed E-state index contributed by atoms with van der Waals surface area (Å²) in [6.07, 6.45) is 0. The number of piperazine rings is 1. The maximum atomic E-state index is 13.3. The largest absolute Gasteiger partial charge is 0.392 e. The van der Waals surface area contributed by atoms with Crippen molar-refractivity contribution in [3.8, 4) is 11.1 Å². The van der Waals surface area contributed by atoms with Gasteiger partial charge in [0.25, 0.3) is 11.5 Å². The Kier molecular flexibility index (Phi) is 6.04. The first-order chi connectivity index (χ1) is 16.5. The van der Waals surface area contributed by atoms with Gasteiger partial charge in [-0.15, -0.1) is 0 Å². The molecule has 1 aliphatic heterocycles. The van der Waals surface area contributed by atoms with E-state index in [1.807, 2.05) is 59.5 Å². The van der Waals surface area contributed by atoms with E-state index < -0.39 is 0 Å². The predicted octanol–water partition coefficient (Wildman–Crippen LogP) is 3.70. The average Bonchev–Trinajstić information content (AvgIpc) is 2.88. The Hall–Kier alpha value is -3.68. The Labute approximate surface area is 201 Å². The molecule has 1 aliphatic rings. The van der Waals surface area contributed by atoms with Crippen LogP contribution in [0.3, 0.4) is 0 Å². The first-order valence-corrected chi connectivity index (χ1v) is 11.4. The number of anilines is 1. The van der Waals surface area contributed by atoms with E-state index in [1.165, 1.54) is 0 Å². The molecule has 0 aliphatic carbocycles. The van der Waals surface area contributed by atoms with Crippen molar-refractivity contribution in [3.63, 3.8) is 0 Å². The fourth-order valence-corrected chi connectivity index (χ4v) is 4.45. The van der Waals surface area contributed by atoms with E-state index in [0.717, 1.165) is 16.7 Å². The molecule has 2 N–H and O–H groups in total. The molecule has 0 bridgehead atoms. The summed E-state index contributed by atoms with van der Waals surface area (Å²) in [4.78, 5) is 36.9. The summed E-state index contributed by atoms with van der Waals surface area (Å²) in [5, 5.41) is 10.3. The van der Waals surface area contributed by atoms with Gasteiger partial charge in [0.15, 0.2) is 0 Å². The van der Waals surface area contributed by atoms with Crippen LogP contribution in [-0.2, 0) is 6.61 Å². The third-order valence-corrected chi connectivity index (χ3v) is 6.30. The van der Waals surface area contributed by atoms with E-state index in [1.54, 1.807) is 17.0 Å². The quantitative estimate of drug-likeness (QED) is 0.471. The highest BCUT2D eigenvalue weighted by Gasteiger charge is 2.24. The molecule has 0 radical (unpaired) electrons. The molecule has 3 aromatic carbocycles. The molecule has 34 heavy (non-hydrogen) atoms. The maximum absolute atomic E-state index is 13.3. The van der Waals surface area contributed by atoms with Crippen molar-refractivity contribution >= 4 is 34.4 Å². The number of benzene rings is 3. The standard InChI is InChI=1S/C26H23ClN4O3/c27-21-14-19(18-7-5-17(16-32)6-8-18)13-20(15-21)25(34)30-9-11-31(12-10-30)26-28-23-4-2-1-3-22(23)24(33)29-26/h1-8,13-15,32H,9-12,16H2,(H,28,29,33). The molecule has 1 saturated heterocycles. The molecule has 0 unspecified atom stereocenters. The SMILES string of the molecule is O=C(c1cc(Cl)cc(-c2ccc(CO)cc2)c1)N1CCN(c2nc3ccccc3c(=O)[nH]2)CC1. The summed E-state index contributed by atoms with van der Waals surface area (Å²) in [6.45, 7) is 2.10. The summed E-state index contributed by atoms with van der Waals surface area (Å²) in [5.41, 5.74) is 3.60. The Morgan fingerprint density at radius 2 is 1.71 bits per heavy atom. The second kappa shape index (κ2) is 9.29. The molecular formula is C26H23ClN4O3. The number of aliphatic hydroxyl groups excluding tert-OH is 1. The van der Waals surface area contributed by atoms with Gasteiger partial charge in [0.05, 0.1) is 17.5 Å². The molecule has 172 valence electrons. The van der Waals surface area contributed by atoms with Crippen LogP contribution in [-0.4, -0.2) is 52.1 Å². The second-order valence-corrected chi connectivity index (χ2v) is 8.71. The lowest BCUT2D eigenvalue weighted by atomic mass is 10.0. The lowest BCUT2D eigenvalue weighted by Crippen LogP contribution is -2.49. The number of nitrogens with one attached hydrogen (secondary N) is 1. The third kappa shape index (κ3) is 4.40. The summed E-state index contributed by atoms with van der Waals surface area (Å²) >= 11 is 6.35. The first kappa shape index (κ1) is 22.1. The molecule has 5 rings (SSSR count). The molecule has 2 heterocycles. The number of aliphatic hydroxyl groups is 1. The minimum Gasteiger partial charge on any atom is -0.392 e. The number of halogens is 1. The van der Waals surface area contributed by atoms with Gasteiger partial charge in [-0.25, -0.2) is 4.98 Å². The van der Waals surface area contributed by atoms with Gasteiger partial charge in [-0.05, 0) is 47.0 Å². The smallest absolute Gasteiger partial charge is 0.260 e. The van der Waals surface area contributed by atoms with Gasteiger partial charge in [-0.1, -0.05) is 48.0 Å². The predicted molar refractivity (Wildman–Crippen MR) is 133 cm³/mol. The topological polar surface area (TPSA) is 89.5 Å². The van der Waals surface area contributed by atoms with Crippen molar-refractivity contribution in [2.45, 2.75) is 6.61 Å². The number of rotatable bonds is 4. The van der Waals surface area contributed by atoms with Gasteiger partial charge in [0.2, 0.25) is 5.95 Å². The van der Waals surface area contributed by atoms with E-state index in [2.05, 4.69) is 9.97 Å². The summed E-state index contributed by atoms with van der Waals surface area (Å²) < 4.78 is 0. The summed E-state index contributed by atoms with van der Waals surface area (Å²) in [7, 11) is 0. The molecule has 1 amide bonds. The van der Waals surface area contributed by atoms with Crippen molar-refractivity contribution in [1.82, 2.24) is 14.9 Å². The number of amides is 1. The molecule has 0 atom stereocenters. The van der Waals surface area contributed by atoms with Crippen LogP contribution in [0, 0.1) is 0 Å². The van der Waals surface area contributed by atoms with Crippen LogP contribution in [0.5, 0.6) is 0 Å². The van der Waals surface area contributed by atoms with E-state index in [-0.39, 0.29) is 18.1 Å². The van der Waals surface area contributed by atoms with Gasteiger partial charge in [0.1, 0.15) is 0 Å². The Bertz CT molecular complexity index is 1410. The van der Waals surface area contributed by atoms with Crippen LogP contribution in [0.25, 0.3) is 22.0 Å². The van der Waals surface area contributed by atoms with E-state index >= 15 is 0 Å². The van der Waals surface area contributed by atoms with Crippen LogP contribution in [0.1, 0.15) is 15.9 Å². The molecule has 7 nitrogen and oxygen atoms in total. The fourth-order valence-electron chi connectivity index (χ4n) is 4.21. The minimum absolute atomic E-state index is 0.0197. The lowest BCUT2D eigenvalue weighted by Gasteiger charge is -2.35. The minimum atomic E-state index is -0.169. The molecule has 8 heteroatoms. The van der Waals surface area contributed by atoms with Gasteiger partial charge >= 0.3 is 0 Å². The molecule has 1 aromatic heterocycles. The zero-order valence-electron chi connectivity index (χ0n) is 18.4. The summed E-state index contributed by atoms with van der Waals surface area (Å²) in [6, 6.07) is 20.1. The summed E-state index contributed by atoms with van der Waals surface area (Å²) in [5.74, 6) is 0.433. The second-order valence-electron chi connectivity index (χ2n) is 8.27. The number of aromatic nitrogens is 2. The monoisotopic (exact) mass is 474 g/mol. The van der Waals surface area contributed by atoms with E-state index in [9.17, 15) is 14.7 Å². The zero-order valence-corrected chi connectivity index (χ0v) is 19.1. The number of hydrogen-bond donors (Lipinski definition) is 2. The number of nitrogens with zero attached hydrogens (tertiary/aromatic N) is 3. The third-order valence-electron chi connectivity index (χ3n) is 6.08. The normalized spacial score (nSPS) is 13.9. The number of aromatic amines is 1. The number of fused-ring (bicyclic) bond motifs is 1.